The van der Waals surface area contributed by atoms with E-state index in [0.29, 0.717) is 0 Å². The Morgan fingerprint density at radius 3 is 2.05 bits per heavy atom. The highest BCUT2D eigenvalue weighted by molar-refractivity contribution is 5.46. The zero-order valence-corrected chi connectivity index (χ0v) is 9.85. The SMILES string of the molecule is Oc1c(F)cc(CNc2ccc(F)c(F)c2F)cc1F. The van der Waals surface area contributed by atoms with E-state index in [1.807, 2.05) is 0 Å². The Morgan fingerprint density at radius 2 is 1.45 bits per heavy atom. The van der Waals surface area contributed by atoms with Crippen LogP contribution in [0.25, 0.3) is 0 Å². The third-order valence-corrected chi connectivity index (χ3v) is 2.59. The van der Waals surface area contributed by atoms with Gasteiger partial charge in [0.15, 0.2) is 34.8 Å². The summed E-state index contributed by atoms with van der Waals surface area (Å²) in [5.74, 6) is -7.87. The van der Waals surface area contributed by atoms with Crippen LogP contribution in [-0.2, 0) is 6.54 Å². The average molecular weight is 289 g/mol. The number of phenolic OH excluding ortho intramolecular Hbond substituents is 1. The largest absolute Gasteiger partial charge is 0.503 e. The molecule has 0 atom stereocenters. The van der Waals surface area contributed by atoms with Crippen LogP contribution in [0.15, 0.2) is 24.3 Å². The quantitative estimate of drug-likeness (QED) is 0.667. The lowest BCUT2D eigenvalue weighted by Gasteiger charge is -2.09. The summed E-state index contributed by atoms with van der Waals surface area (Å²) < 4.78 is 65.1. The van der Waals surface area contributed by atoms with Crippen LogP contribution < -0.4 is 5.32 Å². The summed E-state index contributed by atoms with van der Waals surface area (Å²) in [5, 5.41) is 11.3. The van der Waals surface area contributed by atoms with E-state index in [0.717, 1.165) is 24.3 Å². The van der Waals surface area contributed by atoms with Gasteiger partial charge in [0.25, 0.3) is 0 Å². The lowest BCUT2D eigenvalue weighted by Crippen LogP contribution is -2.04. The summed E-state index contributed by atoms with van der Waals surface area (Å²) in [6.07, 6.45) is 0. The van der Waals surface area contributed by atoms with Crippen molar-refractivity contribution in [3.05, 3.63) is 58.9 Å². The highest BCUT2D eigenvalue weighted by atomic mass is 19.2. The first-order chi connectivity index (χ1) is 9.40. The van der Waals surface area contributed by atoms with Crippen molar-refractivity contribution in [2.45, 2.75) is 6.54 Å². The molecule has 20 heavy (non-hydrogen) atoms. The van der Waals surface area contributed by atoms with Gasteiger partial charge in [-0.15, -0.1) is 0 Å². The van der Waals surface area contributed by atoms with Crippen molar-refractivity contribution in [3.63, 3.8) is 0 Å². The number of rotatable bonds is 3. The smallest absolute Gasteiger partial charge is 0.196 e. The van der Waals surface area contributed by atoms with E-state index in [1.54, 1.807) is 0 Å². The summed E-state index contributed by atoms with van der Waals surface area (Å²) in [6.45, 7) is -0.240. The Morgan fingerprint density at radius 1 is 0.850 bits per heavy atom. The van der Waals surface area contributed by atoms with Gasteiger partial charge in [-0.25, -0.2) is 22.0 Å². The molecule has 0 spiro atoms. The van der Waals surface area contributed by atoms with Crippen LogP contribution in [-0.4, -0.2) is 5.11 Å². The fourth-order valence-electron chi connectivity index (χ4n) is 1.58. The number of halogens is 5. The van der Waals surface area contributed by atoms with Gasteiger partial charge in [-0.1, -0.05) is 0 Å². The normalized spacial score (nSPS) is 10.7. The molecule has 2 aromatic rings. The standard InChI is InChI=1S/C13H8F5NO/c14-7-1-2-10(12(18)11(7)17)19-5-6-3-8(15)13(20)9(16)4-6/h1-4,19-20H,5H2. The van der Waals surface area contributed by atoms with Crippen molar-refractivity contribution in [2.24, 2.45) is 0 Å². The minimum absolute atomic E-state index is 0.0573. The minimum Gasteiger partial charge on any atom is -0.503 e. The molecule has 0 bridgehead atoms. The Balaban J connectivity index is 2.19. The molecule has 0 amide bonds. The van der Waals surface area contributed by atoms with Crippen molar-refractivity contribution < 1.29 is 27.1 Å². The van der Waals surface area contributed by atoms with Crippen molar-refractivity contribution in [3.8, 4) is 5.75 Å². The Hall–Kier alpha value is -2.31. The predicted octanol–water partition coefficient (Wildman–Crippen LogP) is 3.70. The highest BCUT2D eigenvalue weighted by Gasteiger charge is 2.14. The average Bonchev–Trinajstić information content (AvgIpc) is 2.41. The summed E-state index contributed by atoms with van der Waals surface area (Å²) in [6, 6.07) is 3.35. The number of hydrogen-bond acceptors (Lipinski definition) is 2. The van der Waals surface area contributed by atoms with Crippen LogP contribution in [0, 0.1) is 29.1 Å². The predicted molar refractivity (Wildman–Crippen MR) is 61.7 cm³/mol. The van der Waals surface area contributed by atoms with Gasteiger partial charge in [-0.3, -0.25) is 0 Å². The molecule has 7 heteroatoms. The Bertz CT molecular complexity index is 636. The number of aromatic hydroxyl groups is 1. The molecule has 0 heterocycles. The van der Waals surface area contributed by atoms with E-state index in [4.69, 9.17) is 5.11 Å². The fraction of sp³-hybridized carbons (Fsp3) is 0.0769. The van der Waals surface area contributed by atoms with E-state index in [-0.39, 0.29) is 17.8 Å². The van der Waals surface area contributed by atoms with E-state index in [9.17, 15) is 22.0 Å². The van der Waals surface area contributed by atoms with Gasteiger partial charge in [-0.2, -0.15) is 0 Å². The summed E-state index contributed by atoms with van der Waals surface area (Å²) >= 11 is 0. The molecule has 106 valence electrons. The maximum absolute atomic E-state index is 13.3. The van der Waals surface area contributed by atoms with Crippen LogP contribution >= 0.6 is 0 Å². The van der Waals surface area contributed by atoms with Crippen LogP contribution in [0.4, 0.5) is 27.6 Å². The molecule has 0 aromatic heterocycles. The second-order valence-corrected chi connectivity index (χ2v) is 3.98. The molecule has 0 fully saturated rings. The maximum atomic E-state index is 13.3. The van der Waals surface area contributed by atoms with Crippen LogP contribution in [0.3, 0.4) is 0 Å². The molecule has 2 nitrogen and oxygen atoms in total. The van der Waals surface area contributed by atoms with Crippen LogP contribution in [0.1, 0.15) is 5.56 Å². The molecule has 0 radical (unpaired) electrons. The molecule has 2 aromatic carbocycles. The maximum Gasteiger partial charge on any atom is 0.196 e. The van der Waals surface area contributed by atoms with Crippen LogP contribution in [0.5, 0.6) is 5.75 Å². The molecular weight excluding hydrogens is 281 g/mol. The summed E-state index contributed by atoms with van der Waals surface area (Å²) in [4.78, 5) is 0. The third kappa shape index (κ3) is 2.66. The molecule has 0 aliphatic carbocycles. The first-order valence-corrected chi connectivity index (χ1v) is 5.44. The van der Waals surface area contributed by atoms with Gasteiger partial charge < -0.3 is 10.4 Å². The topological polar surface area (TPSA) is 32.3 Å². The zero-order valence-electron chi connectivity index (χ0n) is 9.85. The molecular formula is C13H8F5NO. The monoisotopic (exact) mass is 289 g/mol. The zero-order chi connectivity index (χ0) is 14.9. The van der Waals surface area contributed by atoms with E-state index in [2.05, 4.69) is 5.32 Å². The first kappa shape index (κ1) is 14.1. The molecule has 0 saturated carbocycles. The number of anilines is 1. The molecule has 0 aliphatic heterocycles. The van der Waals surface area contributed by atoms with Crippen molar-refractivity contribution in [2.75, 3.05) is 5.32 Å². The van der Waals surface area contributed by atoms with Gasteiger partial charge in [0.1, 0.15) is 0 Å². The second-order valence-electron chi connectivity index (χ2n) is 3.98. The van der Waals surface area contributed by atoms with Crippen molar-refractivity contribution in [1.29, 1.82) is 0 Å². The van der Waals surface area contributed by atoms with Crippen molar-refractivity contribution >= 4 is 5.69 Å². The van der Waals surface area contributed by atoms with Crippen LogP contribution in [0.2, 0.25) is 0 Å². The van der Waals surface area contributed by atoms with Crippen molar-refractivity contribution in [1.82, 2.24) is 0 Å². The molecule has 0 unspecified atom stereocenters. The first-order valence-electron chi connectivity index (χ1n) is 5.44. The van der Waals surface area contributed by atoms with Gasteiger partial charge in [-0.05, 0) is 29.8 Å². The second kappa shape index (κ2) is 5.36. The lowest BCUT2D eigenvalue weighted by atomic mass is 10.2. The van der Waals surface area contributed by atoms with E-state index >= 15 is 0 Å². The van der Waals surface area contributed by atoms with Gasteiger partial charge in [0.2, 0.25) is 0 Å². The Labute approximate surface area is 110 Å². The molecule has 2 N–H and O–H groups in total. The number of phenols is 1. The fourth-order valence-corrected chi connectivity index (χ4v) is 1.58. The highest BCUT2D eigenvalue weighted by Crippen LogP contribution is 2.23. The third-order valence-electron chi connectivity index (χ3n) is 2.59. The summed E-state index contributed by atoms with van der Waals surface area (Å²) in [7, 11) is 0. The molecule has 0 aliphatic rings. The van der Waals surface area contributed by atoms with Gasteiger partial charge in [0, 0.05) is 6.54 Å². The minimum atomic E-state index is -1.64. The van der Waals surface area contributed by atoms with Gasteiger partial charge >= 0.3 is 0 Å². The molecule has 2 rings (SSSR count). The lowest BCUT2D eigenvalue weighted by molar-refractivity contribution is 0.395. The van der Waals surface area contributed by atoms with E-state index < -0.39 is 34.8 Å². The van der Waals surface area contributed by atoms with Gasteiger partial charge in [0.05, 0.1) is 5.69 Å². The number of hydrogen-bond donors (Lipinski definition) is 2. The summed E-state index contributed by atoms with van der Waals surface area (Å²) in [5.41, 5.74) is -0.292. The van der Waals surface area contributed by atoms with E-state index in [1.165, 1.54) is 0 Å². The number of nitrogens with one attached hydrogen (secondary N) is 1. The molecule has 0 saturated heterocycles. The Kier molecular flexibility index (Phi) is 3.78. The number of benzene rings is 2.